The Labute approximate surface area is 197 Å². The summed E-state index contributed by atoms with van der Waals surface area (Å²) in [5.74, 6) is 0.464. The van der Waals surface area contributed by atoms with Crippen LogP contribution < -0.4 is 15.0 Å². The van der Waals surface area contributed by atoms with Gasteiger partial charge in [-0.05, 0) is 48.9 Å². The maximum atomic E-state index is 13.3. The highest BCUT2D eigenvalue weighted by Gasteiger charge is 2.31. The Balaban J connectivity index is 1.40. The summed E-state index contributed by atoms with van der Waals surface area (Å²) in [5.41, 5.74) is 3.76. The lowest BCUT2D eigenvalue weighted by molar-refractivity contribution is -0.274. The van der Waals surface area contributed by atoms with Gasteiger partial charge in [0.25, 0.3) is 5.56 Å². The third-order valence-corrected chi connectivity index (χ3v) is 5.31. The number of nitrogens with one attached hydrogen (secondary N) is 1. The Morgan fingerprint density at radius 1 is 0.829 bits per heavy atom. The average molecular weight is 477 g/mol. The zero-order chi connectivity index (χ0) is 24.6. The van der Waals surface area contributed by atoms with Gasteiger partial charge in [0, 0.05) is 17.3 Å². The Bertz CT molecular complexity index is 1540. The molecule has 35 heavy (non-hydrogen) atoms. The highest BCUT2D eigenvalue weighted by Crippen LogP contribution is 2.29. The number of hydrogen-bond acceptors (Lipinski definition) is 4. The quantitative estimate of drug-likeness (QED) is 0.320. The van der Waals surface area contributed by atoms with Crippen LogP contribution in [0.2, 0.25) is 0 Å². The van der Waals surface area contributed by atoms with E-state index in [1.165, 1.54) is 28.8 Å². The number of benzene rings is 3. The van der Waals surface area contributed by atoms with Gasteiger partial charge in [-0.15, -0.1) is 13.2 Å². The summed E-state index contributed by atoms with van der Waals surface area (Å²) in [5, 5.41) is 4.48. The molecule has 1 N–H and O–H groups in total. The number of H-pyrrole nitrogens is 1. The van der Waals surface area contributed by atoms with E-state index in [4.69, 9.17) is 4.74 Å². The summed E-state index contributed by atoms with van der Waals surface area (Å²) in [7, 11) is 0. The van der Waals surface area contributed by atoms with Crippen LogP contribution in [0.3, 0.4) is 0 Å². The number of halogens is 3. The van der Waals surface area contributed by atoms with Crippen molar-refractivity contribution in [1.82, 2.24) is 14.6 Å². The molecule has 0 fully saturated rings. The third kappa shape index (κ3) is 4.74. The first-order valence-corrected chi connectivity index (χ1v) is 10.6. The minimum atomic E-state index is -4.75. The van der Waals surface area contributed by atoms with E-state index < -0.39 is 6.36 Å². The van der Waals surface area contributed by atoms with Crippen molar-refractivity contribution in [1.29, 1.82) is 0 Å². The van der Waals surface area contributed by atoms with Crippen molar-refractivity contribution in [3.05, 3.63) is 101 Å². The van der Waals surface area contributed by atoms with Crippen molar-refractivity contribution in [2.75, 3.05) is 0 Å². The van der Waals surface area contributed by atoms with Gasteiger partial charge in [-0.1, -0.05) is 42.5 Å². The number of hydrogen-bond donors (Lipinski definition) is 1. The van der Waals surface area contributed by atoms with Gasteiger partial charge in [-0.25, -0.2) is 0 Å². The van der Waals surface area contributed by atoms with Gasteiger partial charge >= 0.3 is 6.36 Å². The van der Waals surface area contributed by atoms with Crippen molar-refractivity contribution in [3.8, 4) is 39.6 Å². The molecule has 2 heterocycles. The van der Waals surface area contributed by atoms with Gasteiger partial charge in [0.15, 0.2) is 0 Å². The maximum absolute atomic E-state index is 13.3. The number of aromatic nitrogens is 3. The second kappa shape index (κ2) is 8.68. The van der Waals surface area contributed by atoms with Crippen molar-refractivity contribution in [3.63, 3.8) is 0 Å². The normalized spacial score (nSPS) is 11.5. The molecule has 6 nitrogen and oxygen atoms in total. The second-order valence-corrected chi connectivity index (χ2v) is 7.77. The molecule has 5 aromatic rings. The predicted molar refractivity (Wildman–Crippen MR) is 125 cm³/mol. The van der Waals surface area contributed by atoms with Crippen LogP contribution in [0.25, 0.3) is 28.0 Å². The fraction of sp³-hybridized carbons (Fsp3) is 0.0769. The zero-order valence-corrected chi connectivity index (χ0v) is 18.3. The van der Waals surface area contributed by atoms with Crippen molar-refractivity contribution in [2.45, 2.75) is 13.3 Å². The summed E-state index contributed by atoms with van der Waals surface area (Å²) in [4.78, 5) is 16.5. The molecule has 3 aromatic carbocycles. The lowest BCUT2D eigenvalue weighted by Crippen LogP contribution is -2.19. The molecule has 0 radical (unpaired) electrons. The number of fused-ring (bicyclic) bond motifs is 1. The highest BCUT2D eigenvalue weighted by molar-refractivity contribution is 5.69. The highest BCUT2D eigenvalue weighted by atomic mass is 19.4. The number of aryl methyl sites for hydroxylation is 1. The zero-order valence-electron chi connectivity index (χ0n) is 18.3. The van der Waals surface area contributed by atoms with Crippen LogP contribution >= 0.6 is 0 Å². The van der Waals surface area contributed by atoms with Crippen LogP contribution in [0.4, 0.5) is 13.2 Å². The summed E-state index contributed by atoms with van der Waals surface area (Å²) in [6.07, 6.45) is -4.75. The molecule has 0 aliphatic carbocycles. The standard InChI is InChI=1S/C26H18F3N3O3/c1-16-24(25(33)32-23(30-16)15-22(31-32)17-5-3-2-4-6-17)18-7-9-19(10-8-18)34-20-11-13-21(14-12-20)35-26(27,28)29/h2-15,30H,1H3. The van der Waals surface area contributed by atoms with Gasteiger partial charge in [0.1, 0.15) is 22.9 Å². The Morgan fingerprint density at radius 2 is 1.43 bits per heavy atom. The van der Waals surface area contributed by atoms with Crippen LogP contribution in [-0.2, 0) is 0 Å². The molecule has 9 heteroatoms. The second-order valence-electron chi connectivity index (χ2n) is 7.77. The Morgan fingerprint density at radius 3 is 2.06 bits per heavy atom. The first kappa shape index (κ1) is 22.3. The number of nitrogens with zero attached hydrogens (tertiary/aromatic N) is 2. The first-order valence-electron chi connectivity index (χ1n) is 10.6. The monoisotopic (exact) mass is 477 g/mol. The van der Waals surface area contributed by atoms with Crippen LogP contribution in [0.15, 0.2) is 89.7 Å². The summed E-state index contributed by atoms with van der Waals surface area (Å²) < 4.78 is 47.8. The number of aromatic amines is 1. The molecular weight excluding hydrogens is 459 g/mol. The SMILES string of the molecule is Cc1[nH]c2cc(-c3ccccc3)nn2c(=O)c1-c1ccc(Oc2ccc(OC(F)(F)F)cc2)cc1. The van der Waals surface area contributed by atoms with Crippen LogP contribution in [0.5, 0.6) is 17.2 Å². The fourth-order valence-corrected chi connectivity index (χ4v) is 3.77. The van der Waals surface area contributed by atoms with Gasteiger partial charge in [0.2, 0.25) is 0 Å². The third-order valence-electron chi connectivity index (χ3n) is 5.31. The van der Waals surface area contributed by atoms with Crippen molar-refractivity contribution >= 4 is 5.65 Å². The molecule has 0 bridgehead atoms. The minimum absolute atomic E-state index is 0.257. The van der Waals surface area contributed by atoms with E-state index in [0.717, 1.165) is 5.56 Å². The summed E-state index contributed by atoms with van der Waals surface area (Å²) in [6, 6.07) is 23.3. The topological polar surface area (TPSA) is 68.6 Å². The van der Waals surface area contributed by atoms with E-state index >= 15 is 0 Å². The van der Waals surface area contributed by atoms with E-state index in [2.05, 4.69) is 14.8 Å². The number of rotatable bonds is 5. The number of ether oxygens (including phenoxy) is 2. The molecule has 176 valence electrons. The van der Waals surface area contributed by atoms with Gasteiger partial charge in [0.05, 0.1) is 11.3 Å². The van der Waals surface area contributed by atoms with Crippen LogP contribution in [0, 0.1) is 6.92 Å². The average Bonchev–Trinajstić information content (AvgIpc) is 3.25. The van der Waals surface area contributed by atoms with Crippen LogP contribution in [-0.4, -0.2) is 21.0 Å². The lowest BCUT2D eigenvalue weighted by Gasteiger charge is -2.11. The van der Waals surface area contributed by atoms with E-state index in [-0.39, 0.29) is 11.3 Å². The Kier molecular flexibility index (Phi) is 5.52. The van der Waals surface area contributed by atoms with Crippen molar-refractivity contribution < 1.29 is 22.6 Å². The summed E-state index contributed by atoms with van der Waals surface area (Å²) >= 11 is 0. The molecule has 0 aliphatic heterocycles. The molecule has 0 amide bonds. The molecule has 5 rings (SSSR count). The molecule has 0 spiro atoms. The lowest BCUT2D eigenvalue weighted by atomic mass is 10.1. The molecule has 0 unspecified atom stereocenters. The molecule has 0 saturated heterocycles. The molecule has 2 aromatic heterocycles. The summed E-state index contributed by atoms with van der Waals surface area (Å²) in [6.45, 7) is 1.82. The predicted octanol–water partition coefficient (Wildman–Crippen LogP) is 6.36. The smallest absolute Gasteiger partial charge is 0.457 e. The maximum Gasteiger partial charge on any atom is 0.573 e. The van der Waals surface area contributed by atoms with Crippen LogP contribution in [0.1, 0.15) is 5.69 Å². The Hall–Kier alpha value is -4.53. The van der Waals surface area contributed by atoms with E-state index in [1.54, 1.807) is 24.3 Å². The molecule has 0 saturated carbocycles. The van der Waals surface area contributed by atoms with E-state index in [0.29, 0.717) is 39.7 Å². The van der Waals surface area contributed by atoms with E-state index in [1.807, 2.05) is 43.3 Å². The first-order chi connectivity index (χ1) is 16.8. The fourth-order valence-electron chi connectivity index (χ4n) is 3.77. The number of alkyl halides is 3. The van der Waals surface area contributed by atoms with Gasteiger partial charge in [-0.2, -0.15) is 9.61 Å². The van der Waals surface area contributed by atoms with Gasteiger partial charge in [-0.3, -0.25) is 4.79 Å². The van der Waals surface area contributed by atoms with Crippen molar-refractivity contribution in [2.24, 2.45) is 0 Å². The molecular formula is C26H18F3N3O3. The largest absolute Gasteiger partial charge is 0.573 e. The van der Waals surface area contributed by atoms with E-state index in [9.17, 15) is 18.0 Å². The molecule has 0 atom stereocenters. The molecule has 0 aliphatic rings. The minimum Gasteiger partial charge on any atom is -0.457 e. The van der Waals surface area contributed by atoms with Gasteiger partial charge < -0.3 is 14.5 Å².